The maximum Gasteiger partial charge on any atom is 0.574 e. The van der Waals surface area contributed by atoms with Crippen molar-refractivity contribution in [3.05, 3.63) is 17.3 Å². The zero-order valence-electron chi connectivity index (χ0n) is 8.36. The van der Waals surface area contributed by atoms with Crippen LogP contribution in [0.2, 0.25) is 0 Å². The van der Waals surface area contributed by atoms with Gasteiger partial charge in [0.25, 0.3) is 0 Å². The zero-order valence-corrected chi connectivity index (χ0v) is 8.36. The quantitative estimate of drug-likeness (QED) is 0.846. The number of hydrogen-bond donors (Lipinski definition) is 1. The van der Waals surface area contributed by atoms with Gasteiger partial charge in [-0.1, -0.05) is 0 Å². The van der Waals surface area contributed by atoms with Crippen molar-refractivity contribution in [3.63, 3.8) is 0 Å². The first-order valence-corrected chi connectivity index (χ1v) is 4.22. The van der Waals surface area contributed by atoms with Crippen LogP contribution in [0.3, 0.4) is 0 Å². The van der Waals surface area contributed by atoms with E-state index in [1.165, 1.54) is 0 Å². The average Bonchev–Trinajstić information content (AvgIpc) is 2.13. The highest BCUT2D eigenvalue weighted by Gasteiger charge is 2.42. The van der Waals surface area contributed by atoms with Crippen LogP contribution in [-0.2, 0) is 12.9 Å². The summed E-state index contributed by atoms with van der Waals surface area (Å²) in [5.74, 6) is -1.76. The molecule has 1 heterocycles. The summed E-state index contributed by atoms with van der Waals surface area (Å²) >= 11 is 0. The minimum absolute atomic E-state index is 0.450. The Kier molecular flexibility index (Phi) is 3.58. The Morgan fingerprint density at radius 2 is 1.72 bits per heavy atom. The third-order valence-electron chi connectivity index (χ3n) is 1.81. The molecule has 0 bridgehead atoms. The molecule has 102 valence electrons. The molecule has 3 nitrogen and oxygen atoms in total. The molecule has 0 saturated carbocycles. The SMILES string of the molecule is Nc1c(CF)cnc(OC(F)(F)F)c1C(F)(F)F. The van der Waals surface area contributed by atoms with Crippen LogP contribution in [0.25, 0.3) is 0 Å². The van der Waals surface area contributed by atoms with Crippen molar-refractivity contribution in [2.24, 2.45) is 0 Å². The summed E-state index contributed by atoms with van der Waals surface area (Å²) in [4.78, 5) is 2.78. The van der Waals surface area contributed by atoms with Gasteiger partial charge in [-0.2, -0.15) is 13.2 Å². The van der Waals surface area contributed by atoms with E-state index in [9.17, 15) is 30.7 Å². The van der Waals surface area contributed by atoms with E-state index in [-0.39, 0.29) is 0 Å². The first kappa shape index (κ1) is 14.3. The highest BCUT2D eigenvalue weighted by molar-refractivity contribution is 5.58. The molecule has 0 saturated heterocycles. The van der Waals surface area contributed by atoms with Crippen LogP contribution in [0.1, 0.15) is 11.1 Å². The lowest BCUT2D eigenvalue weighted by Gasteiger charge is -2.17. The van der Waals surface area contributed by atoms with Crippen molar-refractivity contribution in [1.29, 1.82) is 0 Å². The van der Waals surface area contributed by atoms with Gasteiger partial charge in [-0.3, -0.25) is 0 Å². The van der Waals surface area contributed by atoms with E-state index in [4.69, 9.17) is 5.73 Å². The molecule has 18 heavy (non-hydrogen) atoms. The Morgan fingerprint density at radius 1 is 1.17 bits per heavy atom. The lowest BCUT2D eigenvalue weighted by Crippen LogP contribution is -2.22. The summed E-state index contributed by atoms with van der Waals surface area (Å²) < 4.78 is 88.6. The van der Waals surface area contributed by atoms with Gasteiger partial charge in [0, 0.05) is 11.8 Å². The molecule has 0 fully saturated rings. The fraction of sp³-hybridized carbons (Fsp3) is 0.375. The first-order valence-electron chi connectivity index (χ1n) is 4.22. The largest absolute Gasteiger partial charge is 0.574 e. The van der Waals surface area contributed by atoms with Crippen LogP contribution in [0.15, 0.2) is 6.20 Å². The molecule has 0 unspecified atom stereocenters. The average molecular weight is 278 g/mol. The van der Waals surface area contributed by atoms with Crippen molar-refractivity contribution >= 4 is 5.69 Å². The molecule has 0 spiro atoms. The third kappa shape index (κ3) is 3.14. The molecular weight excluding hydrogens is 273 g/mol. The zero-order chi connectivity index (χ0) is 14.1. The predicted molar refractivity (Wildman–Crippen MR) is 45.1 cm³/mol. The summed E-state index contributed by atoms with van der Waals surface area (Å²) in [6.07, 6.45) is -10.2. The third-order valence-corrected chi connectivity index (χ3v) is 1.81. The molecule has 0 aliphatic heterocycles. The Labute approximate surface area is 95.4 Å². The van der Waals surface area contributed by atoms with Crippen molar-refractivity contribution < 1.29 is 35.5 Å². The van der Waals surface area contributed by atoms with Crippen LogP contribution < -0.4 is 10.5 Å². The highest BCUT2D eigenvalue weighted by atomic mass is 19.4. The van der Waals surface area contributed by atoms with Gasteiger partial charge in [0.2, 0.25) is 5.88 Å². The molecule has 0 aliphatic carbocycles. The Bertz CT molecular complexity index is 440. The van der Waals surface area contributed by atoms with Crippen LogP contribution in [0.4, 0.5) is 36.4 Å². The topological polar surface area (TPSA) is 48.1 Å². The van der Waals surface area contributed by atoms with Crippen molar-refractivity contribution in [1.82, 2.24) is 4.98 Å². The summed E-state index contributed by atoms with van der Waals surface area (Å²) in [6.45, 7) is -1.39. The molecule has 1 aromatic rings. The van der Waals surface area contributed by atoms with E-state index in [1.807, 2.05) is 0 Å². The lowest BCUT2D eigenvalue weighted by molar-refractivity contribution is -0.277. The van der Waals surface area contributed by atoms with Crippen molar-refractivity contribution in [2.75, 3.05) is 5.73 Å². The summed E-state index contributed by atoms with van der Waals surface area (Å²) in [7, 11) is 0. The van der Waals surface area contributed by atoms with Gasteiger partial charge in [-0.15, -0.1) is 13.2 Å². The van der Waals surface area contributed by atoms with Gasteiger partial charge in [0.1, 0.15) is 12.2 Å². The fourth-order valence-electron chi connectivity index (χ4n) is 1.11. The van der Waals surface area contributed by atoms with E-state index >= 15 is 0 Å². The Hall–Kier alpha value is -1.74. The summed E-state index contributed by atoms with van der Waals surface area (Å²) in [5.41, 5.74) is 1.15. The molecule has 2 N–H and O–H groups in total. The number of ether oxygens (including phenoxy) is 1. The van der Waals surface area contributed by atoms with Crippen LogP contribution in [-0.4, -0.2) is 11.3 Å². The molecule has 1 rings (SSSR count). The highest BCUT2D eigenvalue weighted by Crippen LogP contribution is 2.41. The van der Waals surface area contributed by atoms with Gasteiger partial charge in [-0.25, -0.2) is 9.37 Å². The van der Waals surface area contributed by atoms with Gasteiger partial charge in [-0.05, 0) is 0 Å². The Morgan fingerprint density at radius 3 is 2.11 bits per heavy atom. The van der Waals surface area contributed by atoms with Gasteiger partial charge >= 0.3 is 12.5 Å². The van der Waals surface area contributed by atoms with E-state index in [2.05, 4.69) is 9.72 Å². The van der Waals surface area contributed by atoms with Crippen molar-refractivity contribution in [2.45, 2.75) is 19.2 Å². The molecule has 0 aromatic carbocycles. The van der Waals surface area contributed by atoms with Gasteiger partial charge < -0.3 is 10.5 Å². The maximum atomic E-state index is 12.5. The number of hydrogen-bond acceptors (Lipinski definition) is 3. The molecular formula is C8H5F7N2O. The van der Waals surface area contributed by atoms with Gasteiger partial charge in [0.15, 0.2) is 0 Å². The monoisotopic (exact) mass is 278 g/mol. The number of nitrogens with zero attached hydrogens (tertiary/aromatic N) is 1. The molecule has 1 aromatic heterocycles. The van der Waals surface area contributed by atoms with Crippen molar-refractivity contribution in [3.8, 4) is 5.88 Å². The second-order valence-corrected chi connectivity index (χ2v) is 3.06. The minimum atomic E-state index is -5.36. The number of alkyl halides is 7. The molecule has 0 radical (unpaired) electrons. The second kappa shape index (κ2) is 4.50. The van der Waals surface area contributed by atoms with Crippen LogP contribution >= 0.6 is 0 Å². The summed E-state index contributed by atoms with van der Waals surface area (Å²) in [5, 5.41) is 0. The number of anilines is 1. The maximum absolute atomic E-state index is 12.5. The van der Waals surface area contributed by atoms with Crippen LogP contribution in [0, 0.1) is 0 Å². The molecule has 0 atom stereocenters. The predicted octanol–water partition coefficient (Wildman–Crippen LogP) is 3.05. The molecule has 0 aliphatic rings. The van der Waals surface area contributed by atoms with E-state index in [0.29, 0.717) is 6.20 Å². The lowest BCUT2D eigenvalue weighted by atomic mass is 10.1. The smallest absolute Gasteiger partial charge is 0.398 e. The van der Waals surface area contributed by atoms with E-state index in [1.54, 1.807) is 0 Å². The second-order valence-electron chi connectivity index (χ2n) is 3.06. The summed E-state index contributed by atoms with van der Waals surface area (Å²) in [6, 6.07) is 0. The molecule has 10 heteroatoms. The van der Waals surface area contributed by atoms with E-state index in [0.717, 1.165) is 0 Å². The minimum Gasteiger partial charge on any atom is -0.398 e. The number of pyridine rings is 1. The number of aromatic nitrogens is 1. The molecule has 0 amide bonds. The first-order chi connectivity index (χ1) is 8.06. The van der Waals surface area contributed by atoms with Crippen LogP contribution in [0.5, 0.6) is 5.88 Å². The number of nitrogen functional groups attached to an aromatic ring is 1. The van der Waals surface area contributed by atoms with Gasteiger partial charge in [0.05, 0.1) is 5.69 Å². The Balaban J connectivity index is 3.39. The normalized spacial score (nSPS) is 12.6. The number of nitrogens with two attached hydrogens (primary N) is 1. The standard InChI is InChI=1S/C8H5F7N2O/c9-1-3-2-17-6(18-8(13,14)15)4(5(3)16)7(10,11)12/h2H,1H2,(H2,16,17). The number of halogens is 7. The number of rotatable bonds is 2. The van der Waals surface area contributed by atoms with E-state index < -0.39 is 41.9 Å². The fourth-order valence-corrected chi connectivity index (χ4v) is 1.11.